The first-order valence-corrected chi connectivity index (χ1v) is 8.53. The maximum Gasteiger partial charge on any atom is 0.0375 e. The minimum atomic E-state index is 0.568. The van der Waals surface area contributed by atoms with Gasteiger partial charge in [-0.3, -0.25) is 0 Å². The van der Waals surface area contributed by atoms with E-state index in [-0.39, 0.29) is 0 Å². The summed E-state index contributed by atoms with van der Waals surface area (Å²) in [4.78, 5) is 0. The number of rotatable bonds is 2. The molecule has 0 amide bonds. The third-order valence-electron chi connectivity index (χ3n) is 5.36. The number of fused-ring (bicyclic) bond motifs is 2. The van der Waals surface area contributed by atoms with Crippen molar-refractivity contribution >= 4 is 11.4 Å². The van der Waals surface area contributed by atoms with Gasteiger partial charge in [0.15, 0.2) is 0 Å². The zero-order valence-corrected chi connectivity index (χ0v) is 13.2. The van der Waals surface area contributed by atoms with Crippen LogP contribution in [-0.4, -0.2) is 13.1 Å². The Kier molecular flexibility index (Phi) is 3.53. The molecule has 0 aromatic heterocycles. The molecule has 0 saturated carbocycles. The van der Waals surface area contributed by atoms with Crippen LogP contribution in [0.1, 0.15) is 48.3 Å². The van der Waals surface area contributed by atoms with Crippen LogP contribution in [0.25, 0.3) is 0 Å². The molecule has 4 rings (SSSR count). The number of hydrogen-bond acceptors (Lipinski definition) is 2. The van der Waals surface area contributed by atoms with E-state index < -0.39 is 0 Å². The van der Waals surface area contributed by atoms with Gasteiger partial charge in [-0.2, -0.15) is 0 Å². The molecule has 2 aromatic rings. The summed E-state index contributed by atoms with van der Waals surface area (Å²) in [5, 5.41) is 7.12. The van der Waals surface area contributed by atoms with Gasteiger partial charge in [-0.05, 0) is 59.9 Å². The Balaban J connectivity index is 1.73. The maximum atomic E-state index is 3.57. The lowest BCUT2D eigenvalue weighted by atomic mass is 9.76. The molecule has 114 valence electrons. The van der Waals surface area contributed by atoms with Crippen LogP contribution in [0.3, 0.4) is 0 Å². The lowest BCUT2D eigenvalue weighted by molar-refractivity contribution is 0.532. The third kappa shape index (κ3) is 2.27. The van der Waals surface area contributed by atoms with Gasteiger partial charge < -0.3 is 10.6 Å². The second-order valence-electron chi connectivity index (χ2n) is 6.60. The van der Waals surface area contributed by atoms with Crippen LogP contribution in [0.4, 0.5) is 11.4 Å². The Morgan fingerprint density at radius 2 is 1.77 bits per heavy atom. The van der Waals surface area contributed by atoms with Crippen LogP contribution in [0.2, 0.25) is 0 Å². The Labute approximate surface area is 132 Å². The van der Waals surface area contributed by atoms with Crippen molar-refractivity contribution < 1.29 is 0 Å². The van der Waals surface area contributed by atoms with E-state index in [2.05, 4.69) is 60.0 Å². The molecule has 2 aliphatic rings. The van der Waals surface area contributed by atoms with Crippen molar-refractivity contribution in [1.29, 1.82) is 0 Å². The van der Waals surface area contributed by atoms with Gasteiger partial charge in [-0.25, -0.2) is 0 Å². The molecule has 2 aromatic carbocycles. The van der Waals surface area contributed by atoms with Crippen molar-refractivity contribution in [2.24, 2.45) is 0 Å². The van der Waals surface area contributed by atoms with Crippen molar-refractivity contribution in [2.75, 3.05) is 23.7 Å². The van der Waals surface area contributed by atoms with Crippen LogP contribution in [0.5, 0.6) is 0 Å². The predicted molar refractivity (Wildman–Crippen MR) is 94.0 cm³/mol. The average Bonchev–Trinajstić information content (AvgIpc) is 2.60. The molecule has 2 heterocycles. The molecular formula is C20H24N2. The zero-order valence-electron chi connectivity index (χ0n) is 13.2. The summed E-state index contributed by atoms with van der Waals surface area (Å²) >= 11 is 0. The molecule has 0 bridgehead atoms. The minimum absolute atomic E-state index is 0.568. The van der Waals surface area contributed by atoms with Crippen LogP contribution in [0, 0.1) is 0 Å². The Bertz CT molecular complexity index is 677. The van der Waals surface area contributed by atoms with Crippen molar-refractivity contribution in [3.63, 3.8) is 0 Å². The minimum Gasteiger partial charge on any atom is -0.385 e. The maximum absolute atomic E-state index is 3.57. The highest BCUT2D eigenvalue weighted by Gasteiger charge is 2.28. The van der Waals surface area contributed by atoms with Gasteiger partial charge >= 0.3 is 0 Å². The van der Waals surface area contributed by atoms with Gasteiger partial charge in [0.2, 0.25) is 0 Å². The van der Waals surface area contributed by atoms with Crippen LogP contribution < -0.4 is 10.6 Å². The van der Waals surface area contributed by atoms with Gasteiger partial charge in [0.1, 0.15) is 0 Å². The molecule has 2 N–H and O–H groups in total. The smallest absolute Gasteiger partial charge is 0.0375 e. The van der Waals surface area contributed by atoms with E-state index in [1.165, 1.54) is 36.2 Å². The average molecular weight is 292 g/mol. The first-order valence-electron chi connectivity index (χ1n) is 8.53. The van der Waals surface area contributed by atoms with E-state index in [4.69, 9.17) is 0 Å². The van der Waals surface area contributed by atoms with Gasteiger partial charge in [0, 0.05) is 24.5 Å². The van der Waals surface area contributed by atoms with E-state index in [9.17, 15) is 0 Å². The molecule has 2 unspecified atom stereocenters. The Hall–Kier alpha value is -1.96. The highest BCUT2D eigenvalue weighted by atomic mass is 14.9. The number of benzene rings is 2. The summed E-state index contributed by atoms with van der Waals surface area (Å²) in [6.45, 7) is 4.61. The summed E-state index contributed by atoms with van der Waals surface area (Å²) in [5.41, 5.74) is 7.28. The second-order valence-corrected chi connectivity index (χ2v) is 6.60. The molecular weight excluding hydrogens is 268 g/mol. The zero-order chi connectivity index (χ0) is 14.9. The van der Waals surface area contributed by atoms with E-state index in [0.717, 1.165) is 13.1 Å². The summed E-state index contributed by atoms with van der Waals surface area (Å²) in [5.74, 6) is 1.18. The molecule has 0 saturated heterocycles. The predicted octanol–water partition coefficient (Wildman–Crippen LogP) is 4.75. The largest absolute Gasteiger partial charge is 0.385 e. The van der Waals surface area contributed by atoms with Crippen LogP contribution in [0.15, 0.2) is 42.5 Å². The van der Waals surface area contributed by atoms with E-state index >= 15 is 0 Å². The number of para-hydroxylation sites is 1. The highest BCUT2D eigenvalue weighted by Crippen LogP contribution is 2.43. The summed E-state index contributed by atoms with van der Waals surface area (Å²) in [6.07, 6.45) is 3.68. The Morgan fingerprint density at radius 3 is 2.73 bits per heavy atom. The van der Waals surface area contributed by atoms with Gasteiger partial charge in [0.05, 0.1) is 0 Å². The molecule has 2 heteroatoms. The van der Waals surface area contributed by atoms with Gasteiger partial charge in [0.25, 0.3) is 0 Å². The number of nitrogens with one attached hydrogen (secondary N) is 2. The summed E-state index contributed by atoms with van der Waals surface area (Å²) in [7, 11) is 0. The highest BCUT2D eigenvalue weighted by molar-refractivity contribution is 5.59. The van der Waals surface area contributed by atoms with Crippen molar-refractivity contribution in [3.8, 4) is 0 Å². The monoisotopic (exact) mass is 292 g/mol. The second kappa shape index (κ2) is 5.68. The number of hydrogen-bond donors (Lipinski definition) is 2. The van der Waals surface area contributed by atoms with Crippen molar-refractivity contribution in [1.82, 2.24) is 0 Å². The van der Waals surface area contributed by atoms with Gasteiger partial charge in [-0.15, -0.1) is 0 Å². The van der Waals surface area contributed by atoms with Crippen molar-refractivity contribution in [3.05, 3.63) is 59.2 Å². The fourth-order valence-corrected chi connectivity index (χ4v) is 4.20. The first-order chi connectivity index (χ1) is 10.8. The molecule has 0 fully saturated rings. The van der Waals surface area contributed by atoms with E-state index in [1.54, 1.807) is 11.1 Å². The quantitative estimate of drug-likeness (QED) is 0.835. The molecule has 2 aliphatic heterocycles. The topological polar surface area (TPSA) is 24.1 Å². The molecule has 22 heavy (non-hydrogen) atoms. The normalized spacial score (nSPS) is 21.0. The summed E-state index contributed by atoms with van der Waals surface area (Å²) < 4.78 is 0. The molecule has 2 nitrogen and oxygen atoms in total. The van der Waals surface area contributed by atoms with Gasteiger partial charge in [-0.1, -0.05) is 37.3 Å². The van der Waals surface area contributed by atoms with Crippen LogP contribution >= 0.6 is 0 Å². The standard InChI is InChI=1S/C20H24N2/c1-14(15-7-4-10-20-18(15)8-5-12-21-20)16-11-13-22-19-9-3-2-6-17(16)19/h2-4,6-7,9-10,14,16,21-22H,5,8,11-13H2,1H3. The fraction of sp³-hybridized carbons (Fsp3) is 0.400. The fourth-order valence-electron chi connectivity index (χ4n) is 4.20. The van der Waals surface area contributed by atoms with Crippen molar-refractivity contribution in [2.45, 2.75) is 38.0 Å². The lowest BCUT2D eigenvalue weighted by Crippen LogP contribution is -2.22. The Morgan fingerprint density at radius 1 is 0.955 bits per heavy atom. The molecule has 0 aliphatic carbocycles. The molecule has 2 atom stereocenters. The molecule has 0 spiro atoms. The lowest BCUT2D eigenvalue weighted by Gasteiger charge is -2.33. The third-order valence-corrected chi connectivity index (χ3v) is 5.36. The first kappa shape index (κ1) is 13.7. The van der Waals surface area contributed by atoms with E-state index in [0.29, 0.717) is 11.8 Å². The van der Waals surface area contributed by atoms with Crippen LogP contribution in [-0.2, 0) is 6.42 Å². The summed E-state index contributed by atoms with van der Waals surface area (Å²) in [6, 6.07) is 15.6. The number of anilines is 2. The molecule has 0 radical (unpaired) electrons. The van der Waals surface area contributed by atoms with E-state index in [1.807, 2.05) is 0 Å². The SMILES string of the molecule is CC(c1cccc2c1CCCN2)C1CCNc2ccccc21.